The number of methoxy groups -OCH3 is 1. The number of likely N-dealkylation sites (tertiary alicyclic amines) is 1. The molecule has 0 saturated carbocycles. The van der Waals surface area contributed by atoms with E-state index in [4.69, 9.17) is 14.2 Å². The van der Waals surface area contributed by atoms with Gasteiger partial charge in [0.15, 0.2) is 11.5 Å². The summed E-state index contributed by atoms with van der Waals surface area (Å²) in [6.45, 7) is 0.869. The second-order valence-electron chi connectivity index (χ2n) is 6.74. The van der Waals surface area contributed by atoms with Gasteiger partial charge in [0.1, 0.15) is 5.75 Å². The first-order valence-electron chi connectivity index (χ1n) is 8.55. The summed E-state index contributed by atoms with van der Waals surface area (Å²) in [5, 5.41) is 9.98. The summed E-state index contributed by atoms with van der Waals surface area (Å²) < 4.78 is 16.0. The van der Waals surface area contributed by atoms with E-state index in [1.165, 1.54) is 0 Å². The van der Waals surface area contributed by atoms with Gasteiger partial charge < -0.3 is 19.3 Å². The Balaban J connectivity index is 1.69. The molecule has 4 rings (SSSR count). The second-order valence-corrected chi connectivity index (χ2v) is 6.74. The minimum absolute atomic E-state index is 0.126. The van der Waals surface area contributed by atoms with Crippen molar-refractivity contribution in [2.24, 2.45) is 5.92 Å². The smallest absolute Gasteiger partial charge is 0.309 e. The number of carboxylic acids is 1. The van der Waals surface area contributed by atoms with E-state index in [2.05, 4.69) is 4.90 Å². The Morgan fingerprint density at radius 2 is 1.81 bits per heavy atom. The monoisotopic (exact) mass is 355 g/mol. The molecule has 0 aliphatic carbocycles. The van der Waals surface area contributed by atoms with Gasteiger partial charge in [0, 0.05) is 18.5 Å². The number of fused-ring (bicyclic) bond motifs is 1. The Hall–Kier alpha value is -2.73. The summed E-state index contributed by atoms with van der Waals surface area (Å²) in [5.74, 6) is 0.681. The van der Waals surface area contributed by atoms with Crippen LogP contribution >= 0.6 is 0 Å². The van der Waals surface area contributed by atoms with Gasteiger partial charge >= 0.3 is 5.97 Å². The van der Waals surface area contributed by atoms with Crippen LogP contribution in [0.3, 0.4) is 0 Å². The Bertz CT molecular complexity index is 819. The molecule has 1 saturated heterocycles. The van der Waals surface area contributed by atoms with Crippen molar-refractivity contribution in [2.45, 2.75) is 12.0 Å². The molecule has 0 radical (unpaired) electrons. The molecule has 3 unspecified atom stereocenters. The maximum Gasteiger partial charge on any atom is 0.309 e. The predicted octanol–water partition coefficient (Wildman–Crippen LogP) is 2.90. The molecule has 2 aliphatic rings. The molecule has 0 amide bonds. The molecule has 2 aliphatic heterocycles. The Morgan fingerprint density at radius 3 is 2.50 bits per heavy atom. The fourth-order valence-corrected chi connectivity index (χ4v) is 4.06. The van der Waals surface area contributed by atoms with Gasteiger partial charge in [-0.05, 0) is 42.4 Å². The van der Waals surface area contributed by atoms with E-state index in [-0.39, 0.29) is 18.8 Å². The molecular formula is C20H21NO5. The van der Waals surface area contributed by atoms with E-state index in [9.17, 15) is 9.90 Å². The summed E-state index contributed by atoms with van der Waals surface area (Å²) in [6, 6.07) is 13.1. The molecule has 2 aromatic carbocycles. The van der Waals surface area contributed by atoms with Crippen molar-refractivity contribution in [3.05, 3.63) is 53.6 Å². The van der Waals surface area contributed by atoms with Gasteiger partial charge in [-0.25, -0.2) is 0 Å². The minimum atomic E-state index is -0.794. The molecular weight excluding hydrogens is 334 g/mol. The van der Waals surface area contributed by atoms with Gasteiger partial charge in [0.2, 0.25) is 6.79 Å². The maximum atomic E-state index is 12.2. The molecule has 136 valence electrons. The van der Waals surface area contributed by atoms with Crippen LogP contribution in [0.2, 0.25) is 0 Å². The molecule has 6 nitrogen and oxygen atoms in total. The molecule has 3 atom stereocenters. The van der Waals surface area contributed by atoms with E-state index in [0.29, 0.717) is 18.0 Å². The number of hydrogen-bond acceptors (Lipinski definition) is 5. The quantitative estimate of drug-likeness (QED) is 0.910. The molecule has 2 aromatic rings. The zero-order valence-corrected chi connectivity index (χ0v) is 14.7. The predicted molar refractivity (Wildman–Crippen MR) is 94.8 cm³/mol. The number of rotatable bonds is 4. The molecule has 1 N–H and O–H groups in total. The van der Waals surface area contributed by atoms with Gasteiger partial charge in [-0.1, -0.05) is 18.2 Å². The zero-order valence-electron chi connectivity index (χ0n) is 14.7. The number of benzene rings is 2. The molecule has 0 bridgehead atoms. The van der Waals surface area contributed by atoms with Crippen LogP contribution < -0.4 is 14.2 Å². The summed E-state index contributed by atoms with van der Waals surface area (Å²) in [5.41, 5.74) is 1.94. The third kappa shape index (κ3) is 2.76. The third-order valence-corrected chi connectivity index (χ3v) is 5.30. The van der Waals surface area contributed by atoms with Crippen molar-refractivity contribution >= 4 is 5.97 Å². The first kappa shape index (κ1) is 16.7. The molecule has 2 heterocycles. The summed E-state index contributed by atoms with van der Waals surface area (Å²) in [6.07, 6.45) is 0. The van der Waals surface area contributed by atoms with Crippen LogP contribution in [0.4, 0.5) is 0 Å². The fourth-order valence-electron chi connectivity index (χ4n) is 4.06. The normalized spacial score (nSPS) is 24.6. The average molecular weight is 355 g/mol. The van der Waals surface area contributed by atoms with Gasteiger partial charge in [0.25, 0.3) is 0 Å². The molecule has 26 heavy (non-hydrogen) atoms. The van der Waals surface area contributed by atoms with Gasteiger partial charge in [-0.3, -0.25) is 9.69 Å². The van der Waals surface area contributed by atoms with Crippen molar-refractivity contribution < 1.29 is 24.1 Å². The van der Waals surface area contributed by atoms with Gasteiger partial charge in [-0.2, -0.15) is 0 Å². The molecule has 0 aromatic heterocycles. The molecule has 6 heteroatoms. The van der Waals surface area contributed by atoms with E-state index in [1.54, 1.807) is 7.11 Å². The standard InChI is InChI=1S/C20H21NO5/c1-21-10-15(13-5-8-16-17(9-13)26-11-25-16)18(20(22)23)19(21)12-3-6-14(24-2)7-4-12/h3-9,15,18-19H,10-11H2,1-2H3,(H,22,23). The van der Waals surface area contributed by atoms with E-state index in [0.717, 1.165) is 16.9 Å². The lowest BCUT2D eigenvalue weighted by atomic mass is 9.83. The lowest BCUT2D eigenvalue weighted by molar-refractivity contribution is -0.143. The number of nitrogens with zero attached hydrogens (tertiary/aromatic N) is 1. The fraction of sp³-hybridized carbons (Fsp3) is 0.350. The van der Waals surface area contributed by atoms with Crippen molar-refractivity contribution in [3.63, 3.8) is 0 Å². The van der Waals surface area contributed by atoms with E-state index < -0.39 is 11.9 Å². The Kier molecular flexibility index (Phi) is 4.20. The number of aliphatic carboxylic acids is 1. The van der Waals surface area contributed by atoms with Gasteiger partial charge in [0.05, 0.1) is 13.0 Å². The number of hydrogen-bond donors (Lipinski definition) is 1. The van der Waals surface area contributed by atoms with Crippen molar-refractivity contribution in [1.82, 2.24) is 4.90 Å². The maximum absolute atomic E-state index is 12.2. The molecule has 0 spiro atoms. The summed E-state index contributed by atoms with van der Waals surface area (Å²) in [4.78, 5) is 14.3. The third-order valence-electron chi connectivity index (χ3n) is 5.30. The molecule has 1 fully saturated rings. The highest BCUT2D eigenvalue weighted by Gasteiger charge is 2.46. The first-order valence-corrected chi connectivity index (χ1v) is 8.55. The minimum Gasteiger partial charge on any atom is -0.497 e. The van der Waals surface area contributed by atoms with Crippen molar-refractivity contribution in [3.8, 4) is 17.2 Å². The summed E-state index contributed by atoms with van der Waals surface area (Å²) >= 11 is 0. The Labute approximate surface area is 151 Å². The lowest BCUT2D eigenvalue weighted by Crippen LogP contribution is -2.26. The van der Waals surface area contributed by atoms with Gasteiger partial charge in [-0.15, -0.1) is 0 Å². The highest BCUT2D eigenvalue weighted by Crippen LogP contribution is 2.47. The average Bonchev–Trinajstić information content (AvgIpc) is 3.25. The van der Waals surface area contributed by atoms with Crippen LogP contribution in [0, 0.1) is 5.92 Å². The van der Waals surface area contributed by atoms with Crippen LogP contribution in [0.5, 0.6) is 17.2 Å². The van der Waals surface area contributed by atoms with Crippen LogP contribution in [-0.2, 0) is 4.79 Å². The van der Waals surface area contributed by atoms with E-state index in [1.807, 2.05) is 49.5 Å². The highest BCUT2D eigenvalue weighted by molar-refractivity contribution is 5.74. The number of carboxylic acid groups (broad SMARTS) is 1. The van der Waals surface area contributed by atoms with E-state index >= 15 is 0 Å². The van der Waals surface area contributed by atoms with Crippen molar-refractivity contribution in [1.29, 1.82) is 0 Å². The number of ether oxygens (including phenoxy) is 3. The highest BCUT2D eigenvalue weighted by atomic mass is 16.7. The largest absolute Gasteiger partial charge is 0.497 e. The zero-order chi connectivity index (χ0) is 18.3. The number of carbonyl (C=O) groups is 1. The first-order chi connectivity index (χ1) is 12.6. The van der Waals surface area contributed by atoms with Crippen LogP contribution in [0.15, 0.2) is 42.5 Å². The van der Waals surface area contributed by atoms with Crippen LogP contribution in [0.1, 0.15) is 23.1 Å². The van der Waals surface area contributed by atoms with Crippen LogP contribution in [-0.4, -0.2) is 43.5 Å². The Morgan fingerprint density at radius 1 is 1.12 bits per heavy atom. The topological polar surface area (TPSA) is 68.2 Å². The summed E-state index contributed by atoms with van der Waals surface area (Å²) in [7, 11) is 3.59. The SMILES string of the molecule is COc1ccc(C2C(C(=O)O)C(c3ccc4c(c3)OCO4)CN2C)cc1. The van der Waals surface area contributed by atoms with Crippen LogP contribution in [0.25, 0.3) is 0 Å². The second kappa shape index (κ2) is 6.53. The number of likely N-dealkylation sites (N-methyl/N-ethyl adjacent to an activating group) is 1. The van der Waals surface area contributed by atoms with Crippen molar-refractivity contribution in [2.75, 3.05) is 27.5 Å². The lowest BCUT2D eigenvalue weighted by Gasteiger charge is -2.24.